The van der Waals surface area contributed by atoms with E-state index in [0.717, 1.165) is 13.0 Å². The van der Waals surface area contributed by atoms with Gasteiger partial charge in [-0.1, -0.05) is 25.1 Å². The van der Waals surface area contributed by atoms with Crippen molar-refractivity contribution in [1.82, 2.24) is 0 Å². The van der Waals surface area contributed by atoms with Crippen molar-refractivity contribution in [2.45, 2.75) is 44.2 Å². The Bertz CT molecular complexity index is 941. The van der Waals surface area contributed by atoms with Gasteiger partial charge in [-0.3, -0.25) is 0 Å². The van der Waals surface area contributed by atoms with Gasteiger partial charge in [0.1, 0.15) is 0 Å². The predicted octanol–water partition coefficient (Wildman–Crippen LogP) is 7.23. The van der Waals surface area contributed by atoms with Crippen molar-refractivity contribution in [1.29, 1.82) is 0 Å². The molecule has 0 spiro atoms. The summed E-state index contributed by atoms with van der Waals surface area (Å²) in [5.74, 6) is -10.4. The highest BCUT2D eigenvalue weighted by molar-refractivity contribution is 5.74. The van der Waals surface area contributed by atoms with Crippen LogP contribution in [-0.4, -0.2) is 18.3 Å². The molecule has 2 aromatic carbocycles. The van der Waals surface area contributed by atoms with E-state index in [9.17, 15) is 43.9 Å². The van der Waals surface area contributed by atoms with Crippen LogP contribution in [0.15, 0.2) is 24.3 Å². The van der Waals surface area contributed by atoms with Gasteiger partial charge >= 0.3 is 23.9 Å². The van der Waals surface area contributed by atoms with Gasteiger partial charge in [-0.05, 0) is 42.2 Å². The van der Waals surface area contributed by atoms with E-state index in [1.54, 1.807) is 0 Å². The van der Waals surface area contributed by atoms with Crippen LogP contribution in [0.3, 0.4) is 0 Å². The molecule has 1 atom stereocenters. The number of aryl methyl sites for hydroxylation is 2. The van der Waals surface area contributed by atoms with Crippen LogP contribution in [-0.2, 0) is 12.1 Å². The summed E-state index contributed by atoms with van der Waals surface area (Å²) in [4.78, 5) is 0. The minimum Gasteiger partial charge on any atom is -0.221 e. The highest BCUT2D eigenvalue weighted by Gasteiger charge is 2.82. The van der Waals surface area contributed by atoms with Crippen molar-refractivity contribution >= 4 is 0 Å². The van der Waals surface area contributed by atoms with Gasteiger partial charge in [-0.2, -0.15) is 35.1 Å². The molecule has 0 amide bonds. The summed E-state index contributed by atoms with van der Waals surface area (Å²) >= 11 is 0. The summed E-state index contributed by atoms with van der Waals surface area (Å²) in [7, 11) is 0. The lowest BCUT2D eigenvalue weighted by Crippen LogP contribution is -2.60. The quantitative estimate of drug-likeness (QED) is 0.432. The van der Waals surface area contributed by atoms with Gasteiger partial charge in [-0.25, -0.2) is 13.2 Å². The molecule has 0 aliphatic rings. The van der Waals surface area contributed by atoms with E-state index in [4.69, 9.17) is 0 Å². The van der Waals surface area contributed by atoms with E-state index in [2.05, 4.69) is 6.07 Å². The summed E-state index contributed by atoms with van der Waals surface area (Å²) in [6.45, 7) is 2.22. The van der Waals surface area contributed by atoms with Crippen LogP contribution in [0.4, 0.5) is 48.3 Å². The van der Waals surface area contributed by atoms with E-state index in [-0.39, 0.29) is 12.5 Å². The number of hydrogen-bond donors (Lipinski definition) is 0. The van der Waals surface area contributed by atoms with E-state index in [1.165, 1.54) is 6.92 Å². The lowest BCUT2D eigenvalue weighted by Gasteiger charge is -2.37. The third kappa shape index (κ3) is 3.51. The zero-order valence-electron chi connectivity index (χ0n) is 15.2. The summed E-state index contributed by atoms with van der Waals surface area (Å²) in [5.41, 5.74) is -11.8. The number of hydrogen-bond acceptors (Lipinski definition) is 0. The third-order valence-corrected chi connectivity index (χ3v) is 4.40. The fourth-order valence-electron chi connectivity index (χ4n) is 3.02. The van der Waals surface area contributed by atoms with Crippen LogP contribution in [0, 0.1) is 24.6 Å². The maximum absolute atomic E-state index is 15.2. The largest absolute Gasteiger partial charge is 0.457 e. The lowest BCUT2D eigenvalue weighted by atomic mass is 9.79. The van der Waals surface area contributed by atoms with Crippen LogP contribution in [0.2, 0.25) is 0 Å². The fourth-order valence-corrected chi connectivity index (χ4v) is 3.02. The topological polar surface area (TPSA) is 0 Å². The average Bonchev–Trinajstić information content (AvgIpc) is 2.60. The van der Waals surface area contributed by atoms with Crippen LogP contribution in [0.5, 0.6) is 0 Å². The molecule has 0 fully saturated rings. The molecular formula is C19H12F11. The molecule has 0 saturated carbocycles. The Morgan fingerprint density at radius 1 is 0.867 bits per heavy atom. The van der Waals surface area contributed by atoms with Crippen molar-refractivity contribution in [3.63, 3.8) is 0 Å². The summed E-state index contributed by atoms with van der Waals surface area (Å²) in [5, 5.41) is 0. The van der Waals surface area contributed by atoms with Gasteiger partial charge in [0.25, 0.3) is 0 Å². The van der Waals surface area contributed by atoms with Gasteiger partial charge in [0, 0.05) is 11.1 Å². The molecule has 1 radical (unpaired) electrons. The Morgan fingerprint density at radius 2 is 1.43 bits per heavy atom. The van der Waals surface area contributed by atoms with Gasteiger partial charge in [0.15, 0.2) is 11.6 Å². The van der Waals surface area contributed by atoms with Gasteiger partial charge in [0.05, 0.1) is 0 Å². The van der Waals surface area contributed by atoms with E-state index in [0.29, 0.717) is 12.1 Å². The first-order valence-electron chi connectivity index (χ1n) is 8.21. The second-order valence-corrected chi connectivity index (χ2v) is 6.40. The highest BCUT2D eigenvalue weighted by atomic mass is 19.4. The van der Waals surface area contributed by atoms with E-state index in [1.807, 2.05) is 0 Å². The maximum Gasteiger partial charge on any atom is 0.457 e. The molecule has 0 aliphatic carbocycles. The Balaban J connectivity index is 3.11. The standard InChI is InChI=1S/C19H12F11/c1-3-10-7-9(2)8-12(14(10)11-5-4-6-13(20)15(11)21)16(22,18(25,26)27)17(23,24)19(28,29)30/h4-6,8H,3H2,1-2H3. The molecule has 0 N–H and O–H groups in total. The zero-order valence-corrected chi connectivity index (χ0v) is 15.2. The van der Waals surface area contributed by atoms with E-state index < -0.39 is 63.4 Å². The molecule has 2 aromatic rings. The van der Waals surface area contributed by atoms with Crippen LogP contribution in [0.1, 0.15) is 23.6 Å². The Kier molecular flexibility index (Phi) is 5.92. The molecule has 30 heavy (non-hydrogen) atoms. The van der Waals surface area contributed by atoms with Gasteiger partial charge in [-0.15, -0.1) is 0 Å². The van der Waals surface area contributed by atoms with Crippen LogP contribution in [0.25, 0.3) is 11.1 Å². The second kappa shape index (κ2) is 7.42. The molecule has 165 valence electrons. The lowest BCUT2D eigenvalue weighted by molar-refractivity contribution is -0.389. The van der Waals surface area contributed by atoms with Crippen molar-refractivity contribution in [2.24, 2.45) is 0 Å². The van der Waals surface area contributed by atoms with Gasteiger partial charge in [0.2, 0.25) is 0 Å². The van der Waals surface area contributed by atoms with Crippen molar-refractivity contribution in [2.75, 3.05) is 0 Å². The molecule has 0 nitrogen and oxygen atoms in total. The second-order valence-electron chi connectivity index (χ2n) is 6.40. The van der Waals surface area contributed by atoms with E-state index >= 15 is 4.39 Å². The minimum atomic E-state index is -6.95. The number of benzene rings is 2. The van der Waals surface area contributed by atoms with Crippen molar-refractivity contribution in [3.8, 4) is 11.1 Å². The Labute approximate surface area is 163 Å². The molecule has 0 aromatic heterocycles. The first kappa shape index (κ1) is 23.9. The predicted molar refractivity (Wildman–Crippen MR) is 84.6 cm³/mol. The SMILES string of the molecule is CCc1[c]c(C)cc(C(F)(C(F)(F)F)C(F)(F)C(F)(F)F)c1-c1cccc(F)c1F. The minimum absolute atomic E-state index is 0.0754. The van der Waals surface area contributed by atoms with Crippen LogP contribution >= 0.6 is 0 Å². The molecular weight excluding hydrogens is 437 g/mol. The zero-order chi connectivity index (χ0) is 23.3. The Morgan fingerprint density at radius 3 is 1.90 bits per heavy atom. The monoisotopic (exact) mass is 449 g/mol. The molecule has 0 saturated heterocycles. The number of halogens is 11. The summed E-state index contributed by atoms with van der Waals surface area (Å²) in [6.07, 6.45) is -14.1. The first-order chi connectivity index (χ1) is 13.5. The molecule has 0 heterocycles. The van der Waals surface area contributed by atoms with Crippen molar-refractivity contribution in [3.05, 3.63) is 58.7 Å². The smallest absolute Gasteiger partial charge is 0.221 e. The first-order valence-corrected chi connectivity index (χ1v) is 8.21. The normalized spacial score (nSPS) is 15.2. The molecule has 0 aliphatic heterocycles. The summed E-state index contributed by atoms with van der Waals surface area (Å²) in [6, 6.07) is 4.42. The highest BCUT2D eigenvalue weighted by Crippen LogP contribution is 2.60. The Hall–Kier alpha value is -2.33. The molecule has 2 rings (SSSR count). The van der Waals surface area contributed by atoms with Crippen molar-refractivity contribution < 1.29 is 48.3 Å². The molecule has 0 bridgehead atoms. The third-order valence-electron chi connectivity index (χ3n) is 4.40. The fraction of sp³-hybridized carbons (Fsp3) is 0.368. The molecule has 1 unspecified atom stereocenters. The average molecular weight is 449 g/mol. The molecule has 11 heteroatoms. The van der Waals surface area contributed by atoms with Gasteiger partial charge < -0.3 is 0 Å². The van der Waals surface area contributed by atoms with Crippen LogP contribution < -0.4 is 0 Å². The maximum atomic E-state index is 15.2. The number of alkyl halides is 9. The number of rotatable bonds is 4. The summed E-state index contributed by atoms with van der Waals surface area (Å²) < 4.78 is 150.